The van der Waals surface area contributed by atoms with Crippen molar-refractivity contribution in [1.29, 1.82) is 0 Å². The number of halogens is 1. The van der Waals surface area contributed by atoms with Crippen molar-refractivity contribution in [1.82, 2.24) is 4.90 Å². The van der Waals surface area contributed by atoms with Crippen molar-refractivity contribution >= 4 is 23.3 Å². The van der Waals surface area contributed by atoms with Crippen LogP contribution >= 0.6 is 11.6 Å². The summed E-state index contributed by atoms with van der Waals surface area (Å²) in [6.45, 7) is 2.45. The number of benzene rings is 1. The number of rotatable bonds is 2. The number of urea groups is 1. The van der Waals surface area contributed by atoms with Gasteiger partial charge in [0.1, 0.15) is 5.75 Å². The minimum Gasteiger partial charge on any atom is -0.495 e. The van der Waals surface area contributed by atoms with Crippen LogP contribution in [0.1, 0.15) is 12.8 Å². The SMILES string of the molecule is COc1ccc(Cl)cc1NC(=O)N1CCC2(CC1)OCCO2. The van der Waals surface area contributed by atoms with Crippen molar-refractivity contribution in [3.05, 3.63) is 23.2 Å². The summed E-state index contributed by atoms with van der Waals surface area (Å²) in [4.78, 5) is 14.1. The summed E-state index contributed by atoms with van der Waals surface area (Å²) in [5.41, 5.74) is 0.564. The molecule has 6 nitrogen and oxygen atoms in total. The Kier molecular flexibility index (Phi) is 4.42. The van der Waals surface area contributed by atoms with Crippen molar-refractivity contribution in [3.8, 4) is 5.75 Å². The van der Waals surface area contributed by atoms with E-state index in [4.69, 9.17) is 25.8 Å². The minimum atomic E-state index is -0.482. The van der Waals surface area contributed by atoms with E-state index in [1.807, 2.05) is 0 Å². The van der Waals surface area contributed by atoms with E-state index in [1.165, 1.54) is 0 Å². The molecule has 1 aromatic rings. The van der Waals surface area contributed by atoms with Gasteiger partial charge < -0.3 is 24.4 Å². The summed E-state index contributed by atoms with van der Waals surface area (Å²) in [7, 11) is 1.55. The van der Waals surface area contributed by atoms with Crippen molar-refractivity contribution in [2.75, 3.05) is 38.7 Å². The van der Waals surface area contributed by atoms with E-state index in [1.54, 1.807) is 30.2 Å². The predicted molar refractivity (Wildman–Crippen MR) is 82.5 cm³/mol. The molecule has 1 N–H and O–H groups in total. The van der Waals surface area contributed by atoms with Crippen LogP contribution in [0, 0.1) is 0 Å². The lowest BCUT2D eigenvalue weighted by molar-refractivity contribution is -0.181. The molecule has 2 fully saturated rings. The monoisotopic (exact) mass is 326 g/mol. The van der Waals surface area contributed by atoms with E-state index in [2.05, 4.69) is 5.32 Å². The molecule has 0 saturated carbocycles. The molecular formula is C15H19ClN2O4. The maximum atomic E-state index is 12.4. The van der Waals surface area contributed by atoms with Gasteiger partial charge in [0.2, 0.25) is 0 Å². The lowest BCUT2D eigenvalue weighted by atomic mass is 10.0. The van der Waals surface area contributed by atoms with Crippen LogP contribution in [0.5, 0.6) is 5.75 Å². The molecule has 2 aliphatic rings. The second-order valence-electron chi connectivity index (χ2n) is 5.37. The topological polar surface area (TPSA) is 60.0 Å². The average molecular weight is 327 g/mol. The molecule has 0 atom stereocenters. The molecule has 1 aromatic carbocycles. The second kappa shape index (κ2) is 6.32. The predicted octanol–water partition coefficient (Wildman–Crippen LogP) is 2.72. The summed E-state index contributed by atoms with van der Waals surface area (Å²) >= 11 is 5.97. The van der Waals surface area contributed by atoms with Crippen LogP contribution < -0.4 is 10.1 Å². The first-order valence-corrected chi connectivity index (χ1v) is 7.67. The number of amides is 2. The van der Waals surface area contributed by atoms with Gasteiger partial charge in [0.25, 0.3) is 0 Å². The Bertz CT molecular complexity index is 550. The molecule has 0 radical (unpaired) electrons. The van der Waals surface area contributed by atoms with Gasteiger partial charge in [0, 0.05) is 31.0 Å². The van der Waals surface area contributed by atoms with Gasteiger partial charge in [-0.25, -0.2) is 4.79 Å². The van der Waals surface area contributed by atoms with Crippen LogP contribution in [0.2, 0.25) is 5.02 Å². The Morgan fingerprint density at radius 3 is 2.64 bits per heavy atom. The molecular weight excluding hydrogens is 308 g/mol. The third-order valence-corrected chi connectivity index (χ3v) is 4.26. The quantitative estimate of drug-likeness (QED) is 0.907. The van der Waals surface area contributed by atoms with Gasteiger partial charge in [-0.1, -0.05) is 11.6 Å². The summed E-state index contributed by atoms with van der Waals surface area (Å²) in [5.74, 6) is 0.0959. The normalized spacial score (nSPS) is 20.2. The first kappa shape index (κ1) is 15.4. The number of nitrogens with one attached hydrogen (secondary N) is 1. The van der Waals surface area contributed by atoms with Gasteiger partial charge in [0.15, 0.2) is 5.79 Å². The molecule has 0 bridgehead atoms. The molecule has 2 amide bonds. The second-order valence-corrected chi connectivity index (χ2v) is 5.81. The van der Waals surface area contributed by atoms with Gasteiger partial charge >= 0.3 is 6.03 Å². The van der Waals surface area contributed by atoms with Gasteiger partial charge in [-0.15, -0.1) is 0 Å². The Morgan fingerprint density at radius 2 is 2.00 bits per heavy atom. The van der Waals surface area contributed by atoms with E-state index in [-0.39, 0.29) is 6.03 Å². The summed E-state index contributed by atoms with van der Waals surface area (Å²) in [5, 5.41) is 3.39. The van der Waals surface area contributed by atoms with Crippen LogP contribution in [-0.4, -0.2) is 50.1 Å². The van der Waals surface area contributed by atoms with Gasteiger partial charge in [-0.05, 0) is 18.2 Å². The Hall–Kier alpha value is -1.50. The summed E-state index contributed by atoms with van der Waals surface area (Å²) in [6.07, 6.45) is 1.38. The molecule has 2 heterocycles. The van der Waals surface area contributed by atoms with Crippen LogP contribution in [-0.2, 0) is 9.47 Å². The molecule has 0 aromatic heterocycles. The first-order chi connectivity index (χ1) is 10.6. The van der Waals surface area contributed by atoms with Gasteiger partial charge in [-0.3, -0.25) is 0 Å². The molecule has 2 aliphatic heterocycles. The fourth-order valence-electron chi connectivity index (χ4n) is 2.81. The number of carbonyl (C=O) groups excluding carboxylic acids is 1. The van der Waals surface area contributed by atoms with E-state index in [9.17, 15) is 4.79 Å². The number of piperidine rings is 1. The zero-order chi connectivity index (χ0) is 15.6. The molecule has 120 valence electrons. The highest BCUT2D eigenvalue weighted by molar-refractivity contribution is 6.31. The largest absolute Gasteiger partial charge is 0.495 e. The highest BCUT2D eigenvalue weighted by atomic mass is 35.5. The van der Waals surface area contributed by atoms with Crippen molar-refractivity contribution in [2.45, 2.75) is 18.6 Å². The van der Waals surface area contributed by atoms with E-state index in [0.29, 0.717) is 55.6 Å². The van der Waals surface area contributed by atoms with Crippen LogP contribution in [0.4, 0.5) is 10.5 Å². The van der Waals surface area contributed by atoms with E-state index in [0.717, 1.165) is 0 Å². The van der Waals surface area contributed by atoms with E-state index >= 15 is 0 Å². The minimum absolute atomic E-state index is 0.173. The molecule has 7 heteroatoms. The number of hydrogen-bond acceptors (Lipinski definition) is 4. The highest BCUT2D eigenvalue weighted by Gasteiger charge is 2.40. The Balaban J connectivity index is 1.62. The van der Waals surface area contributed by atoms with E-state index < -0.39 is 5.79 Å². The highest BCUT2D eigenvalue weighted by Crippen LogP contribution is 2.32. The fraction of sp³-hybridized carbons (Fsp3) is 0.533. The van der Waals surface area contributed by atoms with Crippen molar-refractivity contribution in [3.63, 3.8) is 0 Å². The van der Waals surface area contributed by atoms with Crippen molar-refractivity contribution in [2.24, 2.45) is 0 Å². The number of hydrogen-bond donors (Lipinski definition) is 1. The number of carbonyl (C=O) groups is 1. The zero-order valence-electron chi connectivity index (χ0n) is 12.4. The maximum Gasteiger partial charge on any atom is 0.321 e. The summed E-state index contributed by atoms with van der Waals surface area (Å²) < 4.78 is 16.6. The fourth-order valence-corrected chi connectivity index (χ4v) is 2.98. The number of likely N-dealkylation sites (tertiary alicyclic amines) is 1. The zero-order valence-corrected chi connectivity index (χ0v) is 13.2. The molecule has 2 saturated heterocycles. The maximum absolute atomic E-state index is 12.4. The van der Waals surface area contributed by atoms with Crippen molar-refractivity contribution < 1.29 is 19.0 Å². The molecule has 0 unspecified atom stereocenters. The molecule has 22 heavy (non-hydrogen) atoms. The number of anilines is 1. The van der Waals surface area contributed by atoms with Gasteiger partial charge in [0.05, 0.1) is 26.0 Å². The Morgan fingerprint density at radius 1 is 1.32 bits per heavy atom. The van der Waals surface area contributed by atoms with Crippen LogP contribution in [0.15, 0.2) is 18.2 Å². The average Bonchev–Trinajstić information content (AvgIpc) is 2.96. The smallest absolute Gasteiger partial charge is 0.321 e. The standard InChI is InChI=1S/C15H19ClN2O4/c1-20-13-3-2-11(16)10-12(13)17-14(19)18-6-4-15(5-7-18)21-8-9-22-15/h2-3,10H,4-9H2,1H3,(H,17,19). The lowest BCUT2D eigenvalue weighted by Crippen LogP contribution is -2.48. The molecule has 0 aliphatic carbocycles. The Labute approximate surface area is 134 Å². The number of ether oxygens (including phenoxy) is 3. The first-order valence-electron chi connectivity index (χ1n) is 7.29. The number of nitrogens with zero attached hydrogens (tertiary/aromatic N) is 1. The van der Waals surface area contributed by atoms with Crippen LogP contribution in [0.3, 0.4) is 0 Å². The molecule has 3 rings (SSSR count). The third kappa shape index (κ3) is 3.14. The van der Waals surface area contributed by atoms with Gasteiger partial charge in [-0.2, -0.15) is 0 Å². The summed E-state index contributed by atoms with van der Waals surface area (Å²) in [6, 6.07) is 4.94. The molecule has 1 spiro atoms. The van der Waals surface area contributed by atoms with Crippen LogP contribution in [0.25, 0.3) is 0 Å². The number of methoxy groups -OCH3 is 1. The lowest BCUT2D eigenvalue weighted by Gasteiger charge is -2.37. The third-order valence-electron chi connectivity index (χ3n) is 4.03.